The van der Waals surface area contributed by atoms with Crippen LogP contribution in [0.15, 0.2) is 18.2 Å². The van der Waals surface area contributed by atoms with E-state index in [1.807, 2.05) is 4.90 Å². The van der Waals surface area contributed by atoms with Crippen LogP contribution < -0.4 is 5.32 Å². The van der Waals surface area contributed by atoms with Crippen LogP contribution in [-0.2, 0) is 4.79 Å². The number of anilines is 1. The minimum absolute atomic E-state index is 0.0875. The van der Waals surface area contributed by atoms with Crippen LogP contribution in [0.4, 0.5) is 14.5 Å². The van der Waals surface area contributed by atoms with Crippen LogP contribution in [-0.4, -0.2) is 46.0 Å². The summed E-state index contributed by atoms with van der Waals surface area (Å²) in [5, 5.41) is 3.43. The van der Waals surface area contributed by atoms with Crippen molar-refractivity contribution in [1.29, 1.82) is 0 Å². The lowest BCUT2D eigenvalue weighted by Gasteiger charge is -2.42. The Hall–Kier alpha value is -1.76. The topological polar surface area (TPSA) is 35.6 Å². The Balaban J connectivity index is 2.11. The van der Waals surface area contributed by atoms with Crippen LogP contribution in [0, 0.1) is 11.6 Å². The van der Waals surface area contributed by atoms with Gasteiger partial charge in [-0.2, -0.15) is 0 Å². The molecule has 25 heavy (non-hydrogen) atoms. The summed E-state index contributed by atoms with van der Waals surface area (Å²) in [7, 11) is 0. The average molecular weight is 369 g/mol. The van der Waals surface area contributed by atoms with E-state index in [9.17, 15) is 13.6 Å². The quantitative estimate of drug-likeness (QED) is 0.820. The highest BCUT2D eigenvalue weighted by Crippen LogP contribution is 2.22. The smallest absolute Gasteiger partial charge is 0.219 e. The molecule has 1 aliphatic rings. The molecule has 0 radical (unpaired) electrons. The molecule has 4 nitrogen and oxygen atoms in total. The standard InChI is InChI=1S/C18H25F2N3OS/c1-4-12(2)23(17-5-7-22(8-6-17)13(3)24)18(25)21-16-10-14(19)9-15(20)11-16/h9-12,17H,4-8H2,1-3H3,(H,21,25)/t12-/m0/s1. The number of hydrogen-bond donors (Lipinski definition) is 1. The molecule has 1 fully saturated rings. The lowest BCUT2D eigenvalue weighted by Crippen LogP contribution is -2.52. The number of carbonyl (C=O) groups is 1. The van der Waals surface area contributed by atoms with Crippen LogP contribution in [0.3, 0.4) is 0 Å². The van der Waals surface area contributed by atoms with Crippen molar-refractivity contribution in [3.63, 3.8) is 0 Å². The Bertz CT molecular complexity index is 612. The van der Waals surface area contributed by atoms with Gasteiger partial charge in [-0.1, -0.05) is 6.92 Å². The maximum absolute atomic E-state index is 13.4. The number of nitrogens with zero attached hydrogens (tertiary/aromatic N) is 2. The molecule has 1 saturated heterocycles. The van der Waals surface area contributed by atoms with Crippen molar-refractivity contribution < 1.29 is 13.6 Å². The van der Waals surface area contributed by atoms with E-state index in [2.05, 4.69) is 24.1 Å². The van der Waals surface area contributed by atoms with Crippen LogP contribution in [0.2, 0.25) is 0 Å². The van der Waals surface area contributed by atoms with Crippen molar-refractivity contribution in [1.82, 2.24) is 9.80 Å². The zero-order valence-electron chi connectivity index (χ0n) is 14.9. The van der Waals surface area contributed by atoms with Gasteiger partial charge in [0.2, 0.25) is 5.91 Å². The zero-order chi connectivity index (χ0) is 18.6. The Morgan fingerprint density at radius 2 is 1.88 bits per heavy atom. The Morgan fingerprint density at radius 1 is 1.32 bits per heavy atom. The number of piperidine rings is 1. The van der Waals surface area contributed by atoms with Gasteiger partial charge >= 0.3 is 0 Å². The van der Waals surface area contributed by atoms with Crippen molar-refractivity contribution in [2.45, 2.75) is 52.1 Å². The minimum Gasteiger partial charge on any atom is -0.343 e. The van der Waals surface area contributed by atoms with E-state index < -0.39 is 11.6 Å². The monoisotopic (exact) mass is 369 g/mol. The highest BCUT2D eigenvalue weighted by Gasteiger charge is 2.29. The van der Waals surface area contributed by atoms with E-state index in [0.29, 0.717) is 23.9 Å². The zero-order valence-corrected chi connectivity index (χ0v) is 15.7. The number of thiocarbonyl (C=S) groups is 1. The third kappa shape index (κ3) is 5.11. The molecule has 0 unspecified atom stereocenters. The summed E-state index contributed by atoms with van der Waals surface area (Å²) in [4.78, 5) is 15.5. The van der Waals surface area contributed by atoms with Crippen molar-refractivity contribution >= 4 is 28.9 Å². The van der Waals surface area contributed by atoms with E-state index in [0.717, 1.165) is 25.3 Å². The van der Waals surface area contributed by atoms with Gasteiger partial charge in [-0.25, -0.2) is 8.78 Å². The summed E-state index contributed by atoms with van der Waals surface area (Å²) < 4.78 is 26.8. The summed E-state index contributed by atoms with van der Waals surface area (Å²) in [6, 6.07) is 3.67. The van der Waals surface area contributed by atoms with Crippen LogP contribution in [0.5, 0.6) is 0 Å². The van der Waals surface area contributed by atoms with Gasteiger partial charge < -0.3 is 15.1 Å². The SMILES string of the molecule is CC[C@H](C)N(C(=S)Nc1cc(F)cc(F)c1)C1CCN(C(C)=O)CC1. The Kier molecular flexibility index (Phi) is 6.70. The van der Waals surface area contributed by atoms with Gasteiger partial charge in [0.25, 0.3) is 0 Å². The first kappa shape index (κ1) is 19.6. The molecule has 1 heterocycles. The van der Waals surface area contributed by atoms with Gasteiger partial charge in [0.1, 0.15) is 11.6 Å². The van der Waals surface area contributed by atoms with E-state index >= 15 is 0 Å². The molecule has 0 saturated carbocycles. The molecule has 1 atom stereocenters. The van der Waals surface area contributed by atoms with Gasteiger partial charge in [0.05, 0.1) is 0 Å². The number of rotatable bonds is 4. The molecule has 0 spiro atoms. The molecule has 1 N–H and O–H groups in total. The average Bonchev–Trinajstić information content (AvgIpc) is 2.54. The fourth-order valence-electron chi connectivity index (χ4n) is 3.20. The van der Waals surface area contributed by atoms with Crippen LogP contribution >= 0.6 is 12.2 Å². The molecule has 0 aromatic heterocycles. The first-order valence-corrected chi connectivity index (χ1v) is 9.03. The molecule has 0 bridgehead atoms. The molecular formula is C18H25F2N3OS. The van der Waals surface area contributed by atoms with Gasteiger partial charge in [-0.3, -0.25) is 4.79 Å². The van der Waals surface area contributed by atoms with Crippen LogP contribution in [0.25, 0.3) is 0 Å². The fraction of sp³-hybridized carbons (Fsp3) is 0.556. The van der Waals surface area contributed by atoms with Gasteiger partial charge in [-0.05, 0) is 50.5 Å². The Morgan fingerprint density at radius 3 is 2.36 bits per heavy atom. The van der Waals surface area contributed by atoms with Crippen molar-refractivity contribution in [3.8, 4) is 0 Å². The number of nitrogens with one attached hydrogen (secondary N) is 1. The number of amides is 1. The molecule has 138 valence electrons. The van der Waals surface area contributed by atoms with E-state index in [-0.39, 0.29) is 18.0 Å². The number of likely N-dealkylation sites (tertiary alicyclic amines) is 1. The second-order valence-electron chi connectivity index (χ2n) is 6.49. The molecular weight excluding hydrogens is 344 g/mol. The highest BCUT2D eigenvalue weighted by molar-refractivity contribution is 7.80. The lowest BCUT2D eigenvalue weighted by atomic mass is 10.0. The number of halogens is 2. The Labute approximate surface area is 153 Å². The fourth-order valence-corrected chi connectivity index (χ4v) is 3.64. The van der Waals surface area contributed by atoms with Crippen molar-refractivity contribution in [2.24, 2.45) is 0 Å². The predicted molar refractivity (Wildman–Crippen MR) is 99.4 cm³/mol. The largest absolute Gasteiger partial charge is 0.343 e. The van der Waals surface area contributed by atoms with Crippen LogP contribution in [0.1, 0.15) is 40.0 Å². The number of carbonyl (C=O) groups excluding carboxylic acids is 1. The first-order chi connectivity index (χ1) is 11.8. The normalized spacial score (nSPS) is 16.4. The van der Waals surface area contributed by atoms with Gasteiger partial charge in [0, 0.05) is 43.9 Å². The van der Waals surface area contributed by atoms with E-state index in [1.54, 1.807) is 6.92 Å². The molecule has 1 aliphatic heterocycles. The third-order valence-electron chi connectivity index (χ3n) is 4.72. The third-order valence-corrected chi connectivity index (χ3v) is 5.03. The second-order valence-corrected chi connectivity index (χ2v) is 6.88. The maximum atomic E-state index is 13.4. The lowest BCUT2D eigenvalue weighted by molar-refractivity contribution is -0.130. The minimum atomic E-state index is -0.643. The van der Waals surface area contributed by atoms with Crippen molar-refractivity contribution in [2.75, 3.05) is 18.4 Å². The van der Waals surface area contributed by atoms with E-state index in [4.69, 9.17) is 12.2 Å². The molecule has 1 aromatic carbocycles. The summed E-state index contributed by atoms with van der Waals surface area (Å²) >= 11 is 5.54. The molecule has 0 aliphatic carbocycles. The maximum Gasteiger partial charge on any atom is 0.219 e. The summed E-state index contributed by atoms with van der Waals surface area (Å²) in [6.07, 6.45) is 2.54. The first-order valence-electron chi connectivity index (χ1n) is 8.62. The predicted octanol–water partition coefficient (Wildman–Crippen LogP) is 3.77. The summed E-state index contributed by atoms with van der Waals surface area (Å²) in [5.74, 6) is -1.20. The summed E-state index contributed by atoms with van der Waals surface area (Å²) in [5.41, 5.74) is 0.303. The molecule has 1 amide bonds. The summed E-state index contributed by atoms with van der Waals surface area (Å²) in [6.45, 7) is 7.13. The van der Waals surface area contributed by atoms with Gasteiger partial charge in [0.15, 0.2) is 5.11 Å². The highest BCUT2D eigenvalue weighted by atomic mass is 32.1. The number of hydrogen-bond acceptors (Lipinski definition) is 2. The van der Waals surface area contributed by atoms with E-state index in [1.165, 1.54) is 12.1 Å². The number of benzene rings is 1. The molecule has 2 rings (SSSR count). The molecule has 1 aromatic rings. The van der Waals surface area contributed by atoms with Gasteiger partial charge in [-0.15, -0.1) is 0 Å². The molecule has 7 heteroatoms. The second kappa shape index (κ2) is 8.56. The van der Waals surface area contributed by atoms with Crippen molar-refractivity contribution in [3.05, 3.63) is 29.8 Å².